The third kappa shape index (κ3) is 9.02. The number of carbonyl (C=O) groups excluding carboxylic acids is 1. The lowest BCUT2D eigenvalue weighted by molar-refractivity contribution is -0.133. The molecule has 0 saturated carbocycles. The van der Waals surface area contributed by atoms with E-state index < -0.39 is 0 Å². The SMILES string of the molecule is Cc1nn2c(N3CCN(CCO)CC3)cc(-c3cccc(CCCC(=O)N4CCN(CCCCN5CCCCC5)CC4)c3)nc2c1-c1ccccc1. The number of piperidine rings is 1. The van der Waals surface area contributed by atoms with Gasteiger partial charge in [0.1, 0.15) is 5.82 Å². The molecule has 52 heavy (non-hydrogen) atoms. The van der Waals surface area contributed by atoms with Gasteiger partial charge >= 0.3 is 0 Å². The molecule has 1 amide bonds. The molecule has 2 aromatic carbocycles. The van der Waals surface area contributed by atoms with Crippen molar-refractivity contribution in [3.05, 3.63) is 71.9 Å². The first kappa shape index (κ1) is 36.5. The molecule has 1 N–H and O–H groups in total. The van der Waals surface area contributed by atoms with Gasteiger partial charge in [0.05, 0.1) is 18.0 Å². The number of rotatable bonds is 14. The van der Waals surface area contributed by atoms with Crippen molar-refractivity contribution in [2.75, 3.05) is 96.6 Å². The van der Waals surface area contributed by atoms with Gasteiger partial charge in [0.25, 0.3) is 0 Å². The fourth-order valence-electron chi connectivity index (χ4n) is 8.33. The first-order valence-corrected chi connectivity index (χ1v) is 19.9. The summed E-state index contributed by atoms with van der Waals surface area (Å²) in [4.78, 5) is 30.5. The van der Waals surface area contributed by atoms with E-state index in [4.69, 9.17) is 10.1 Å². The number of fused-ring (bicyclic) bond motifs is 1. The third-order valence-electron chi connectivity index (χ3n) is 11.4. The van der Waals surface area contributed by atoms with Gasteiger partial charge in [-0.2, -0.15) is 9.61 Å². The number of amides is 1. The summed E-state index contributed by atoms with van der Waals surface area (Å²) < 4.78 is 2.02. The van der Waals surface area contributed by atoms with Gasteiger partial charge in [-0.25, -0.2) is 4.98 Å². The highest BCUT2D eigenvalue weighted by Crippen LogP contribution is 2.33. The number of aryl methyl sites for hydroxylation is 2. The molecule has 0 unspecified atom stereocenters. The Morgan fingerprint density at radius 2 is 1.38 bits per heavy atom. The minimum absolute atomic E-state index is 0.184. The Labute approximate surface area is 310 Å². The number of carbonyl (C=O) groups is 1. The molecule has 3 aliphatic rings. The number of unbranched alkanes of at least 4 members (excludes halogenated alkanes) is 1. The van der Waals surface area contributed by atoms with Crippen molar-refractivity contribution >= 4 is 17.4 Å². The zero-order chi connectivity index (χ0) is 35.7. The van der Waals surface area contributed by atoms with E-state index in [1.54, 1.807) is 0 Å². The largest absolute Gasteiger partial charge is 0.395 e. The van der Waals surface area contributed by atoms with E-state index in [-0.39, 0.29) is 6.61 Å². The maximum atomic E-state index is 13.2. The van der Waals surface area contributed by atoms with Crippen LogP contribution in [0.5, 0.6) is 0 Å². The molecular formula is C42H58N8O2. The fourth-order valence-corrected chi connectivity index (χ4v) is 8.33. The first-order chi connectivity index (χ1) is 25.6. The minimum atomic E-state index is 0.184. The number of aliphatic hydroxyl groups excluding tert-OH is 1. The summed E-state index contributed by atoms with van der Waals surface area (Å²) in [6.07, 6.45) is 8.97. The number of β-amino-alcohol motifs (C(OH)–C–C–N with tert-alkyl or cyclic N) is 1. The van der Waals surface area contributed by atoms with Crippen molar-refractivity contribution in [2.24, 2.45) is 0 Å². The Balaban J connectivity index is 0.976. The van der Waals surface area contributed by atoms with Crippen LogP contribution in [0.4, 0.5) is 5.82 Å². The zero-order valence-electron chi connectivity index (χ0n) is 31.3. The van der Waals surface area contributed by atoms with Crippen LogP contribution in [0.3, 0.4) is 0 Å². The van der Waals surface area contributed by atoms with E-state index in [1.165, 1.54) is 57.3 Å². The van der Waals surface area contributed by atoms with Crippen molar-refractivity contribution in [1.82, 2.24) is 34.2 Å². The molecule has 3 saturated heterocycles. The number of piperazine rings is 2. The highest BCUT2D eigenvalue weighted by atomic mass is 16.3. The number of benzene rings is 2. The van der Waals surface area contributed by atoms with Gasteiger partial charge in [0, 0.05) is 82.5 Å². The molecule has 0 atom stereocenters. The number of hydrogen-bond donors (Lipinski definition) is 1. The van der Waals surface area contributed by atoms with Crippen molar-refractivity contribution in [3.63, 3.8) is 0 Å². The number of likely N-dealkylation sites (tertiary alicyclic amines) is 1. The van der Waals surface area contributed by atoms with Crippen LogP contribution in [0.2, 0.25) is 0 Å². The van der Waals surface area contributed by atoms with Gasteiger partial charge < -0.3 is 19.8 Å². The molecule has 3 fully saturated rings. The van der Waals surface area contributed by atoms with Crippen LogP contribution in [0.1, 0.15) is 56.2 Å². The van der Waals surface area contributed by atoms with E-state index in [2.05, 4.69) is 86.0 Å². The van der Waals surface area contributed by atoms with Crippen LogP contribution >= 0.6 is 0 Å². The summed E-state index contributed by atoms with van der Waals surface area (Å²) >= 11 is 0. The molecule has 10 heteroatoms. The molecule has 0 aliphatic carbocycles. The van der Waals surface area contributed by atoms with Crippen molar-refractivity contribution in [1.29, 1.82) is 0 Å². The lowest BCUT2D eigenvalue weighted by Crippen LogP contribution is -2.48. The van der Waals surface area contributed by atoms with Crippen LogP contribution in [0.15, 0.2) is 60.7 Å². The molecule has 0 bridgehead atoms. The van der Waals surface area contributed by atoms with E-state index in [1.807, 2.05) is 10.6 Å². The topological polar surface area (TPSA) is 83.7 Å². The average molecular weight is 707 g/mol. The average Bonchev–Trinajstić information content (AvgIpc) is 3.53. The summed E-state index contributed by atoms with van der Waals surface area (Å²) in [6.45, 7) is 15.2. The Morgan fingerprint density at radius 3 is 2.12 bits per heavy atom. The fraction of sp³-hybridized carbons (Fsp3) is 0.548. The molecule has 0 spiro atoms. The normalized spacial score (nSPS) is 18.0. The minimum Gasteiger partial charge on any atom is -0.395 e. The maximum absolute atomic E-state index is 13.2. The van der Waals surface area contributed by atoms with Crippen molar-refractivity contribution in [2.45, 2.75) is 58.3 Å². The Kier molecular flexibility index (Phi) is 12.5. The van der Waals surface area contributed by atoms with Crippen molar-refractivity contribution in [3.8, 4) is 22.4 Å². The highest BCUT2D eigenvalue weighted by molar-refractivity contribution is 5.83. The van der Waals surface area contributed by atoms with Gasteiger partial charge in [-0.05, 0) is 88.8 Å². The van der Waals surface area contributed by atoms with E-state index >= 15 is 0 Å². The molecule has 10 nitrogen and oxygen atoms in total. The summed E-state index contributed by atoms with van der Waals surface area (Å²) in [5.41, 5.74) is 7.23. The summed E-state index contributed by atoms with van der Waals surface area (Å²) in [6, 6.07) is 21.3. The molecule has 4 aromatic rings. The molecular weight excluding hydrogens is 649 g/mol. The summed E-state index contributed by atoms with van der Waals surface area (Å²) in [5.74, 6) is 1.34. The van der Waals surface area contributed by atoms with Gasteiger partial charge in [-0.1, -0.05) is 55.0 Å². The predicted octanol–water partition coefficient (Wildman–Crippen LogP) is 5.22. The smallest absolute Gasteiger partial charge is 0.222 e. The first-order valence-electron chi connectivity index (χ1n) is 19.9. The van der Waals surface area contributed by atoms with E-state index in [0.29, 0.717) is 18.9 Å². The number of hydrogen-bond acceptors (Lipinski definition) is 8. The number of aromatic nitrogens is 3. The second kappa shape index (κ2) is 17.8. The standard InChI is InChI=1S/C42H58N8O2/c1-34-41(36-14-4-2-5-15-36)42-43-38(33-39(50(42)44-34)48-26-22-47(23-27-48)30-31-51)37-16-10-12-35(32-37)13-11-17-40(52)49-28-24-46(25-29-49)21-9-8-20-45-18-6-3-7-19-45/h2,4-5,10,12,14-16,32-33,51H,3,6-9,11,13,17-31H2,1H3. The van der Waals surface area contributed by atoms with Crippen LogP contribution in [0, 0.1) is 6.92 Å². The Hall–Kier alpha value is -3.83. The quantitative estimate of drug-likeness (QED) is 0.179. The van der Waals surface area contributed by atoms with Crippen LogP contribution in [-0.4, -0.2) is 137 Å². The lowest BCUT2D eigenvalue weighted by Gasteiger charge is -2.35. The third-order valence-corrected chi connectivity index (χ3v) is 11.4. The van der Waals surface area contributed by atoms with E-state index in [9.17, 15) is 9.90 Å². The Morgan fingerprint density at radius 1 is 0.712 bits per heavy atom. The predicted molar refractivity (Wildman–Crippen MR) is 210 cm³/mol. The van der Waals surface area contributed by atoms with Crippen LogP contribution in [0.25, 0.3) is 28.0 Å². The van der Waals surface area contributed by atoms with Gasteiger partial charge in [0.15, 0.2) is 5.65 Å². The molecule has 278 valence electrons. The van der Waals surface area contributed by atoms with Crippen LogP contribution < -0.4 is 4.90 Å². The monoisotopic (exact) mass is 706 g/mol. The summed E-state index contributed by atoms with van der Waals surface area (Å²) in [7, 11) is 0. The molecule has 0 radical (unpaired) electrons. The number of nitrogens with zero attached hydrogens (tertiary/aromatic N) is 8. The molecule has 7 rings (SSSR count). The van der Waals surface area contributed by atoms with Gasteiger partial charge in [-0.15, -0.1) is 0 Å². The lowest BCUT2D eigenvalue weighted by atomic mass is 10.0. The number of aliphatic hydroxyl groups is 1. The number of anilines is 1. The highest BCUT2D eigenvalue weighted by Gasteiger charge is 2.24. The van der Waals surface area contributed by atoms with Gasteiger partial charge in [-0.3, -0.25) is 14.6 Å². The zero-order valence-corrected chi connectivity index (χ0v) is 31.3. The molecule has 2 aromatic heterocycles. The summed E-state index contributed by atoms with van der Waals surface area (Å²) in [5, 5.41) is 14.5. The second-order valence-electron chi connectivity index (χ2n) is 15.0. The van der Waals surface area contributed by atoms with Crippen LogP contribution in [-0.2, 0) is 11.2 Å². The molecule has 5 heterocycles. The second-order valence-corrected chi connectivity index (χ2v) is 15.0. The maximum Gasteiger partial charge on any atom is 0.222 e. The van der Waals surface area contributed by atoms with Crippen molar-refractivity contribution < 1.29 is 9.90 Å². The van der Waals surface area contributed by atoms with Gasteiger partial charge in [0.2, 0.25) is 5.91 Å². The Bertz CT molecular complexity index is 1740. The molecule has 3 aliphatic heterocycles. The van der Waals surface area contributed by atoms with E-state index in [0.717, 1.165) is 111 Å².